The van der Waals surface area contributed by atoms with Crippen molar-refractivity contribution in [3.05, 3.63) is 48.0 Å². The molecule has 5 nitrogen and oxygen atoms in total. The second-order valence-corrected chi connectivity index (χ2v) is 6.60. The topological polar surface area (TPSA) is 69.6 Å². The summed E-state index contributed by atoms with van der Waals surface area (Å²) in [6.07, 6.45) is 1.92. The molecule has 0 radical (unpaired) electrons. The quantitative estimate of drug-likeness (QED) is 0.871. The van der Waals surface area contributed by atoms with Crippen LogP contribution in [-0.2, 0) is 16.0 Å². The summed E-state index contributed by atoms with van der Waals surface area (Å²) in [6.45, 7) is 1.53. The van der Waals surface area contributed by atoms with Crippen molar-refractivity contribution in [2.24, 2.45) is 5.92 Å². The van der Waals surface area contributed by atoms with Gasteiger partial charge in [-0.05, 0) is 35.1 Å². The highest BCUT2D eigenvalue weighted by atomic mass is 16.3. The lowest BCUT2D eigenvalue weighted by Crippen LogP contribution is -2.44. The lowest BCUT2D eigenvalue weighted by molar-refractivity contribution is -0.134. The molecule has 1 aliphatic rings. The SMILES string of the molecule is O=C(Cc1cccc2ccccc12)NCC(=O)N1CCC(CO)CC1. The largest absolute Gasteiger partial charge is 0.396 e. The molecule has 132 valence electrons. The summed E-state index contributed by atoms with van der Waals surface area (Å²) in [5.41, 5.74) is 0.965. The zero-order valence-corrected chi connectivity index (χ0v) is 14.3. The minimum absolute atomic E-state index is 0.0351. The van der Waals surface area contributed by atoms with Gasteiger partial charge in [-0.15, -0.1) is 0 Å². The summed E-state index contributed by atoms with van der Waals surface area (Å²) < 4.78 is 0. The Kier molecular flexibility index (Phi) is 5.66. The molecule has 0 atom stereocenters. The summed E-state index contributed by atoms with van der Waals surface area (Å²) in [7, 11) is 0. The first-order valence-corrected chi connectivity index (χ1v) is 8.79. The average Bonchev–Trinajstić information content (AvgIpc) is 2.66. The predicted octanol–water partition coefficient (Wildman–Crippen LogP) is 1.73. The van der Waals surface area contributed by atoms with Crippen LogP contribution in [0.25, 0.3) is 10.8 Å². The monoisotopic (exact) mass is 340 g/mol. The smallest absolute Gasteiger partial charge is 0.241 e. The summed E-state index contributed by atoms with van der Waals surface area (Å²) in [6, 6.07) is 13.9. The zero-order valence-electron chi connectivity index (χ0n) is 14.3. The van der Waals surface area contributed by atoms with E-state index in [1.165, 1.54) is 0 Å². The van der Waals surface area contributed by atoms with Gasteiger partial charge < -0.3 is 15.3 Å². The van der Waals surface area contributed by atoms with Crippen molar-refractivity contribution in [1.29, 1.82) is 0 Å². The number of aliphatic hydroxyl groups is 1. The van der Waals surface area contributed by atoms with E-state index in [1.54, 1.807) is 4.90 Å². The molecule has 0 unspecified atom stereocenters. The first kappa shape index (κ1) is 17.4. The number of aliphatic hydroxyl groups excluding tert-OH is 1. The Hall–Kier alpha value is -2.40. The molecule has 1 fully saturated rings. The van der Waals surface area contributed by atoms with Gasteiger partial charge in [0.1, 0.15) is 0 Å². The van der Waals surface area contributed by atoms with E-state index in [0.29, 0.717) is 19.0 Å². The number of fused-ring (bicyclic) bond motifs is 1. The van der Waals surface area contributed by atoms with E-state index in [2.05, 4.69) is 5.32 Å². The molecule has 2 aromatic carbocycles. The van der Waals surface area contributed by atoms with Crippen molar-refractivity contribution in [3.63, 3.8) is 0 Å². The van der Waals surface area contributed by atoms with Crippen molar-refractivity contribution < 1.29 is 14.7 Å². The van der Waals surface area contributed by atoms with Gasteiger partial charge in [0, 0.05) is 19.7 Å². The highest BCUT2D eigenvalue weighted by molar-refractivity contribution is 5.91. The molecule has 0 bridgehead atoms. The number of piperidine rings is 1. The third-order valence-corrected chi connectivity index (χ3v) is 4.89. The molecule has 0 aromatic heterocycles. The molecule has 2 aromatic rings. The van der Waals surface area contributed by atoms with Gasteiger partial charge in [0.05, 0.1) is 13.0 Å². The first-order valence-electron chi connectivity index (χ1n) is 8.79. The Morgan fingerprint density at radius 3 is 2.56 bits per heavy atom. The number of hydrogen-bond donors (Lipinski definition) is 2. The maximum Gasteiger partial charge on any atom is 0.241 e. The fourth-order valence-corrected chi connectivity index (χ4v) is 3.33. The second kappa shape index (κ2) is 8.12. The van der Waals surface area contributed by atoms with Crippen LogP contribution in [-0.4, -0.2) is 48.1 Å². The fourth-order valence-electron chi connectivity index (χ4n) is 3.33. The van der Waals surface area contributed by atoms with E-state index in [4.69, 9.17) is 5.11 Å². The van der Waals surface area contributed by atoms with Crippen molar-refractivity contribution in [2.75, 3.05) is 26.2 Å². The zero-order chi connectivity index (χ0) is 17.6. The number of carbonyl (C=O) groups is 2. The van der Waals surface area contributed by atoms with Gasteiger partial charge in [-0.2, -0.15) is 0 Å². The standard InChI is InChI=1S/C20H24N2O3/c23-14-15-8-10-22(11-9-15)20(25)13-21-19(24)12-17-6-3-5-16-4-1-2-7-18(16)17/h1-7,15,23H,8-14H2,(H,21,24). The number of hydrogen-bond acceptors (Lipinski definition) is 3. The van der Waals surface area contributed by atoms with Crippen LogP contribution < -0.4 is 5.32 Å². The van der Waals surface area contributed by atoms with Crippen LogP contribution >= 0.6 is 0 Å². The summed E-state index contributed by atoms with van der Waals surface area (Å²) in [5, 5.41) is 14.1. The average molecular weight is 340 g/mol. The van der Waals surface area contributed by atoms with Gasteiger partial charge in [-0.25, -0.2) is 0 Å². The molecule has 1 heterocycles. The van der Waals surface area contributed by atoms with Gasteiger partial charge >= 0.3 is 0 Å². The third-order valence-electron chi connectivity index (χ3n) is 4.89. The van der Waals surface area contributed by atoms with Crippen LogP contribution in [0.15, 0.2) is 42.5 Å². The van der Waals surface area contributed by atoms with Gasteiger partial charge in [0.25, 0.3) is 0 Å². The van der Waals surface area contributed by atoms with Crippen molar-refractivity contribution in [3.8, 4) is 0 Å². The summed E-state index contributed by atoms with van der Waals surface area (Å²) >= 11 is 0. The van der Waals surface area contributed by atoms with Crippen LogP contribution in [0, 0.1) is 5.92 Å². The summed E-state index contributed by atoms with van der Waals surface area (Å²) in [4.78, 5) is 26.2. The molecule has 2 amide bonds. The van der Waals surface area contributed by atoms with Gasteiger partial charge in [-0.1, -0.05) is 42.5 Å². The van der Waals surface area contributed by atoms with E-state index < -0.39 is 0 Å². The number of likely N-dealkylation sites (tertiary alicyclic amines) is 1. The van der Waals surface area contributed by atoms with Crippen LogP contribution in [0.1, 0.15) is 18.4 Å². The molecule has 2 N–H and O–H groups in total. The van der Waals surface area contributed by atoms with Crippen LogP contribution in [0.3, 0.4) is 0 Å². The van der Waals surface area contributed by atoms with Crippen LogP contribution in [0.2, 0.25) is 0 Å². The van der Waals surface area contributed by atoms with E-state index in [9.17, 15) is 9.59 Å². The van der Waals surface area contributed by atoms with Crippen molar-refractivity contribution in [2.45, 2.75) is 19.3 Å². The van der Waals surface area contributed by atoms with E-state index in [1.807, 2.05) is 42.5 Å². The normalized spacial score (nSPS) is 15.3. The summed E-state index contributed by atoms with van der Waals surface area (Å²) in [5.74, 6) is 0.0996. The fraction of sp³-hybridized carbons (Fsp3) is 0.400. The number of amides is 2. The predicted molar refractivity (Wildman–Crippen MR) is 97.1 cm³/mol. The number of nitrogens with zero attached hydrogens (tertiary/aromatic N) is 1. The number of rotatable bonds is 5. The van der Waals surface area contributed by atoms with Gasteiger partial charge in [0.2, 0.25) is 11.8 Å². The molecule has 0 aliphatic carbocycles. The minimum Gasteiger partial charge on any atom is -0.396 e. The second-order valence-electron chi connectivity index (χ2n) is 6.60. The van der Waals surface area contributed by atoms with E-state index in [0.717, 1.165) is 29.2 Å². The minimum atomic E-state index is -0.144. The van der Waals surface area contributed by atoms with Gasteiger partial charge in [-0.3, -0.25) is 9.59 Å². The molecule has 25 heavy (non-hydrogen) atoms. The van der Waals surface area contributed by atoms with Crippen LogP contribution in [0.5, 0.6) is 0 Å². The van der Waals surface area contributed by atoms with Gasteiger partial charge in [0.15, 0.2) is 0 Å². The van der Waals surface area contributed by atoms with E-state index in [-0.39, 0.29) is 31.4 Å². The molecule has 0 saturated carbocycles. The Bertz CT molecular complexity index is 746. The highest BCUT2D eigenvalue weighted by Gasteiger charge is 2.22. The van der Waals surface area contributed by atoms with Crippen molar-refractivity contribution in [1.82, 2.24) is 10.2 Å². The Morgan fingerprint density at radius 1 is 1.08 bits per heavy atom. The van der Waals surface area contributed by atoms with Crippen LogP contribution in [0.4, 0.5) is 0 Å². The number of nitrogens with one attached hydrogen (secondary N) is 1. The molecule has 1 saturated heterocycles. The Labute approximate surface area is 147 Å². The highest BCUT2D eigenvalue weighted by Crippen LogP contribution is 2.19. The molecule has 3 rings (SSSR count). The molecule has 0 spiro atoms. The Balaban J connectivity index is 1.52. The first-order chi connectivity index (χ1) is 12.2. The third kappa shape index (κ3) is 4.37. The van der Waals surface area contributed by atoms with E-state index >= 15 is 0 Å². The molecular formula is C20H24N2O3. The number of carbonyl (C=O) groups excluding carboxylic acids is 2. The maximum absolute atomic E-state index is 12.2. The molecule has 1 aliphatic heterocycles. The molecular weight excluding hydrogens is 316 g/mol. The molecule has 5 heteroatoms. The number of benzene rings is 2. The Morgan fingerprint density at radius 2 is 1.80 bits per heavy atom. The lowest BCUT2D eigenvalue weighted by atomic mass is 9.98. The van der Waals surface area contributed by atoms with Crippen molar-refractivity contribution >= 4 is 22.6 Å². The lowest BCUT2D eigenvalue weighted by Gasteiger charge is -2.31. The maximum atomic E-state index is 12.2.